The number of alkyl halides is 3. The molecule has 108 valence electrons. The Morgan fingerprint density at radius 2 is 1.68 bits per heavy atom. The van der Waals surface area contributed by atoms with Crippen molar-refractivity contribution in [1.82, 2.24) is 0 Å². The molecule has 0 fully saturated rings. The second-order valence-corrected chi connectivity index (χ2v) is 5.59. The van der Waals surface area contributed by atoms with Crippen LogP contribution in [0.25, 0.3) is 0 Å². The molecule has 2 nitrogen and oxygen atoms in total. The summed E-state index contributed by atoms with van der Waals surface area (Å²) >= 11 is 0. The molecule has 0 aromatic heterocycles. The summed E-state index contributed by atoms with van der Waals surface area (Å²) in [5.41, 5.74) is 0.806. The van der Waals surface area contributed by atoms with Crippen LogP contribution in [0.2, 0.25) is 0 Å². The van der Waals surface area contributed by atoms with Crippen molar-refractivity contribution in [1.29, 1.82) is 0 Å². The van der Waals surface area contributed by atoms with Gasteiger partial charge in [-0.3, -0.25) is 0 Å². The molecular formula is C14H19F3O2. The summed E-state index contributed by atoms with van der Waals surface area (Å²) in [6.07, 6.45) is -3.74. The molecular weight excluding hydrogens is 257 g/mol. The third-order valence-corrected chi connectivity index (χ3v) is 2.69. The molecule has 19 heavy (non-hydrogen) atoms. The first kappa shape index (κ1) is 15.8. The predicted molar refractivity (Wildman–Crippen MR) is 66.9 cm³/mol. The van der Waals surface area contributed by atoms with Crippen LogP contribution in [0.5, 0.6) is 5.75 Å². The molecule has 0 saturated carbocycles. The fourth-order valence-corrected chi connectivity index (χ4v) is 2.23. The Morgan fingerprint density at radius 3 is 2.11 bits per heavy atom. The zero-order valence-electron chi connectivity index (χ0n) is 11.3. The molecule has 0 heterocycles. The van der Waals surface area contributed by atoms with Gasteiger partial charge in [0.15, 0.2) is 0 Å². The number of aliphatic hydroxyl groups excluding tert-OH is 1. The van der Waals surface area contributed by atoms with Gasteiger partial charge in [0.2, 0.25) is 0 Å². The van der Waals surface area contributed by atoms with E-state index in [-0.39, 0.29) is 11.2 Å². The molecule has 5 heteroatoms. The monoisotopic (exact) mass is 276 g/mol. The molecule has 1 aromatic rings. The normalized spacial score (nSPS) is 14.3. The number of aliphatic hydroxyl groups is 1. The average molecular weight is 276 g/mol. The van der Waals surface area contributed by atoms with Crippen molar-refractivity contribution in [3.8, 4) is 5.75 Å². The summed E-state index contributed by atoms with van der Waals surface area (Å²) < 4.78 is 39.8. The average Bonchev–Trinajstić information content (AvgIpc) is 2.16. The highest BCUT2D eigenvalue weighted by atomic mass is 19.4. The Labute approximate surface area is 111 Å². The molecule has 0 saturated heterocycles. The Morgan fingerprint density at radius 1 is 1.16 bits per heavy atom. The molecule has 1 rings (SSSR count). The van der Waals surface area contributed by atoms with E-state index in [9.17, 15) is 18.3 Å². The van der Waals surface area contributed by atoms with Crippen LogP contribution < -0.4 is 4.74 Å². The largest absolute Gasteiger partial charge is 0.573 e. The van der Waals surface area contributed by atoms with Gasteiger partial charge in [-0.05, 0) is 42.9 Å². The highest BCUT2D eigenvalue weighted by Gasteiger charge is 2.31. The van der Waals surface area contributed by atoms with Crippen LogP contribution in [0.1, 0.15) is 32.8 Å². The van der Waals surface area contributed by atoms with Crippen LogP contribution in [0, 0.1) is 5.41 Å². The maximum absolute atomic E-state index is 12.0. The highest BCUT2D eigenvalue weighted by Crippen LogP contribution is 2.29. The molecule has 0 aliphatic rings. The summed E-state index contributed by atoms with van der Waals surface area (Å²) in [6, 6.07) is 5.85. The SMILES string of the molecule is CC(O)CC(C)(C)Cc1ccc(OC(F)(F)F)cc1. The van der Waals surface area contributed by atoms with Crippen molar-refractivity contribution in [3.05, 3.63) is 29.8 Å². The summed E-state index contributed by atoms with van der Waals surface area (Å²) in [6.45, 7) is 5.75. The first-order chi connectivity index (χ1) is 8.57. The van der Waals surface area contributed by atoms with E-state index in [0.717, 1.165) is 5.56 Å². The molecule has 1 atom stereocenters. The van der Waals surface area contributed by atoms with Gasteiger partial charge < -0.3 is 9.84 Å². The molecule has 0 spiro atoms. The van der Waals surface area contributed by atoms with Gasteiger partial charge in [-0.2, -0.15) is 0 Å². The third-order valence-electron chi connectivity index (χ3n) is 2.69. The van der Waals surface area contributed by atoms with Gasteiger partial charge in [0.1, 0.15) is 5.75 Å². The van der Waals surface area contributed by atoms with Crippen LogP contribution in [-0.2, 0) is 6.42 Å². The van der Waals surface area contributed by atoms with Gasteiger partial charge in [0.05, 0.1) is 6.10 Å². The Hall–Kier alpha value is -1.23. The van der Waals surface area contributed by atoms with Gasteiger partial charge in [-0.15, -0.1) is 13.2 Å². The fourth-order valence-electron chi connectivity index (χ4n) is 2.23. The van der Waals surface area contributed by atoms with Crippen LogP contribution in [-0.4, -0.2) is 17.6 Å². The Kier molecular flexibility index (Phi) is 4.85. The standard InChI is InChI=1S/C14H19F3O2/c1-10(18)8-13(2,3)9-11-4-6-12(7-5-11)19-14(15,16)17/h4-7,10,18H,8-9H2,1-3H3. The second-order valence-electron chi connectivity index (χ2n) is 5.59. The molecule has 0 aliphatic heterocycles. The number of hydrogen-bond acceptors (Lipinski definition) is 2. The van der Waals surface area contributed by atoms with Gasteiger partial charge in [0, 0.05) is 0 Å². The lowest BCUT2D eigenvalue weighted by Gasteiger charge is -2.26. The van der Waals surface area contributed by atoms with Crippen molar-refractivity contribution in [2.24, 2.45) is 5.41 Å². The lowest BCUT2D eigenvalue weighted by atomic mass is 9.81. The van der Waals surface area contributed by atoms with E-state index in [0.29, 0.717) is 12.8 Å². The topological polar surface area (TPSA) is 29.5 Å². The Bertz CT molecular complexity index is 394. The van der Waals surface area contributed by atoms with E-state index < -0.39 is 12.5 Å². The maximum atomic E-state index is 12.0. The molecule has 0 amide bonds. The van der Waals surface area contributed by atoms with Crippen LogP contribution >= 0.6 is 0 Å². The van der Waals surface area contributed by atoms with E-state index in [4.69, 9.17) is 0 Å². The van der Waals surface area contributed by atoms with Gasteiger partial charge in [0.25, 0.3) is 0 Å². The number of benzene rings is 1. The van der Waals surface area contributed by atoms with E-state index in [1.807, 2.05) is 13.8 Å². The van der Waals surface area contributed by atoms with Crippen LogP contribution in [0.15, 0.2) is 24.3 Å². The van der Waals surface area contributed by atoms with E-state index >= 15 is 0 Å². The minimum Gasteiger partial charge on any atom is -0.406 e. The quantitative estimate of drug-likeness (QED) is 0.883. The summed E-state index contributed by atoms with van der Waals surface area (Å²) in [4.78, 5) is 0. The molecule has 0 radical (unpaired) electrons. The van der Waals surface area contributed by atoms with Crippen molar-refractivity contribution in [2.75, 3.05) is 0 Å². The first-order valence-corrected chi connectivity index (χ1v) is 6.10. The summed E-state index contributed by atoms with van der Waals surface area (Å²) in [5.74, 6) is -0.218. The van der Waals surface area contributed by atoms with E-state index in [1.165, 1.54) is 12.1 Å². The molecule has 1 aromatic carbocycles. The fraction of sp³-hybridized carbons (Fsp3) is 0.571. The minimum absolute atomic E-state index is 0.111. The first-order valence-electron chi connectivity index (χ1n) is 6.10. The third kappa shape index (κ3) is 6.47. The lowest BCUT2D eigenvalue weighted by molar-refractivity contribution is -0.274. The summed E-state index contributed by atoms with van der Waals surface area (Å²) in [7, 11) is 0. The zero-order valence-corrected chi connectivity index (χ0v) is 11.3. The van der Waals surface area contributed by atoms with Crippen molar-refractivity contribution in [2.45, 2.75) is 46.1 Å². The smallest absolute Gasteiger partial charge is 0.406 e. The summed E-state index contributed by atoms with van der Waals surface area (Å²) in [5, 5.41) is 9.39. The van der Waals surface area contributed by atoms with Gasteiger partial charge >= 0.3 is 6.36 Å². The molecule has 1 unspecified atom stereocenters. The molecule has 1 N–H and O–H groups in total. The van der Waals surface area contributed by atoms with E-state index in [2.05, 4.69) is 4.74 Å². The predicted octanol–water partition coefficient (Wildman–Crippen LogP) is 3.92. The number of hydrogen-bond donors (Lipinski definition) is 1. The van der Waals surface area contributed by atoms with Crippen LogP contribution in [0.3, 0.4) is 0 Å². The van der Waals surface area contributed by atoms with Gasteiger partial charge in [-0.25, -0.2) is 0 Å². The van der Waals surface area contributed by atoms with Crippen molar-refractivity contribution in [3.63, 3.8) is 0 Å². The Balaban J connectivity index is 2.67. The zero-order chi connectivity index (χ0) is 14.7. The van der Waals surface area contributed by atoms with Crippen molar-refractivity contribution < 1.29 is 23.0 Å². The minimum atomic E-state index is -4.66. The van der Waals surface area contributed by atoms with E-state index in [1.54, 1.807) is 19.1 Å². The maximum Gasteiger partial charge on any atom is 0.573 e. The van der Waals surface area contributed by atoms with Crippen LogP contribution in [0.4, 0.5) is 13.2 Å². The van der Waals surface area contributed by atoms with Gasteiger partial charge in [-0.1, -0.05) is 26.0 Å². The molecule has 0 aliphatic carbocycles. The number of halogens is 3. The highest BCUT2D eigenvalue weighted by molar-refractivity contribution is 5.28. The van der Waals surface area contributed by atoms with Crippen molar-refractivity contribution >= 4 is 0 Å². The number of ether oxygens (including phenoxy) is 1. The lowest BCUT2D eigenvalue weighted by Crippen LogP contribution is -2.21. The second kappa shape index (κ2) is 5.82. The number of rotatable bonds is 5. The molecule has 0 bridgehead atoms.